The van der Waals surface area contributed by atoms with Gasteiger partial charge in [0.15, 0.2) is 0 Å². The van der Waals surface area contributed by atoms with Crippen LogP contribution >= 0.6 is 0 Å². The van der Waals surface area contributed by atoms with Gasteiger partial charge >= 0.3 is 0 Å². The van der Waals surface area contributed by atoms with Crippen LogP contribution in [0.25, 0.3) is 0 Å². The first kappa shape index (κ1) is 16.0. The first-order chi connectivity index (χ1) is 11.0. The highest BCUT2D eigenvalue weighted by molar-refractivity contribution is 5.80. The molecule has 0 bridgehead atoms. The third kappa shape index (κ3) is 3.24. The standard InChI is InChI=1S/C16H25N5O2/c1-4-21-11(2)13(6-17-21)7-19-9-15-5-14(18-12(3)22)8-20(15)16(23)10-19/h6,14-15H,4-5,7-10H2,1-3H3,(H,18,22)/t14-,15-/m0/s1. The average molecular weight is 319 g/mol. The van der Waals surface area contributed by atoms with Crippen molar-refractivity contribution in [2.45, 2.75) is 52.4 Å². The number of carbonyl (C=O) groups is 2. The van der Waals surface area contributed by atoms with Crippen LogP contribution in [0.2, 0.25) is 0 Å². The topological polar surface area (TPSA) is 70.5 Å². The van der Waals surface area contributed by atoms with E-state index >= 15 is 0 Å². The van der Waals surface area contributed by atoms with Gasteiger partial charge in [-0.3, -0.25) is 19.2 Å². The summed E-state index contributed by atoms with van der Waals surface area (Å²) in [6.45, 7) is 9.24. The molecule has 0 aliphatic carbocycles. The second-order valence-electron chi connectivity index (χ2n) is 6.57. The molecule has 7 heteroatoms. The zero-order valence-electron chi connectivity index (χ0n) is 14.1. The van der Waals surface area contributed by atoms with Crippen molar-refractivity contribution in [3.05, 3.63) is 17.5 Å². The van der Waals surface area contributed by atoms with Gasteiger partial charge in [0.2, 0.25) is 11.8 Å². The Labute approximate surface area is 136 Å². The summed E-state index contributed by atoms with van der Waals surface area (Å²) in [5.74, 6) is 0.136. The van der Waals surface area contributed by atoms with Gasteiger partial charge in [-0.2, -0.15) is 5.10 Å². The molecule has 2 amide bonds. The predicted molar refractivity (Wildman–Crippen MR) is 85.6 cm³/mol. The number of hydrogen-bond donors (Lipinski definition) is 1. The van der Waals surface area contributed by atoms with Crippen molar-refractivity contribution >= 4 is 11.8 Å². The van der Waals surface area contributed by atoms with Crippen LogP contribution in [0.15, 0.2) is 6.20 Å². The van der Waals surface area contributed by atoms with E-state index in [0.29, 0.717) is 13.1 Å². The van der Waals surface area contributed by atoms with E-state index in [9.17, 15) is 9.59 Å². The molecule has 1 N–H and O–H groups in total. The number of carbonyl (C=O) groups excluding carboxylic acids is 2. The lowest BCUT2D eigenvalue weighted by Crippen LogP contribution is -2.53. The summed E-state index contributed by atoms with van der Waals surface area (Å²) in [6, 6.07) is 0.292. The molecule has 23 heavy (non-hydrogen) atoms. The molecule has 3 rings (SSSR count). The van der Waals surface area contributed by atoms with Gasteiger partial charge in [-0.25, -0.2) is 0 Å². The van der Waals surface area contributed by atoms with Crippen molar-refractivity contribution in [2.75, 3.05) is 19.6 Å². The Morgan fingerprint density at radius 3 is 2.87 bits per heavy atom. The Kier molecular flexibility index (Phi) is 4.39. The summed E-state index contributed by atoms with van der Waals surface area (Å²) in [5.41, 5.74) is 2.36. The van der Waals surface area contributed by atoms with Gasteiger partial charge in [-0.05, 0) is 20.3 Å². The summed E-state index contributed by atoms with van der Waals surface area (Å²) in [7, 11) is 0. The minimum Gasteiger partial charge on any atom is -0.352 e. The summed E-state index contributed by atoms with van der Waals surface area (Å²) < 4.78 is 1.98. The number of nitrogens with zero attached hydrogens (tertiary/aromatic N) is 4. The zero-order chi connectivity index (χ0) is 16.6. The Morgan fingerprint density at radius 1 is 1.43 bits per heavy atom. The van der Waals surface area contributed by atoms with Gasteiger partial charge in [-0.1, -0.05) is 0 Å². The highest BCUT2D eigenvalue weighted by Crippen LogP contribution is 2.24. The second kappa shape index (κ2) is 6.31. The fourth-order valence-corrected chi connectivity index (χ4v) is 3.75. The first-order valence-corrected chi connectivity index (χ1v) is 8.28. The van der Waals surface area contributed by atoms with Crippen LogP contribution in [0, 0.1) is 6.92 Å². The fraction of sp³-hybridized carbons (Fsp3) is 0.688. The lowest BCUT2D eigenvalue weighted by Gasteiger charge is -2.36. The number of hydrogen-bond acceptors (Lipinski definition) is 4. The molecular formula is C16H25N5O2. The van der Waals surface area contributed by atoms with Crippen LogP contribution in [0.3, 0.4) is 0 Å². The molecular weight excluding hydrogens is 294 g/mol. The van der Waals surface area contributed by atoms with Crippen molar-refractivity contribution in [1.82, 2.24) is 24.9 Å². The molecule has 0 aromatic carbocycles. The van der Waals surface area contributed by atoms with Crippen molar-refractivity contribution in [3.8, 4) is 0 Å². The maximum absolute atomic E-state index is 12.4. The molecule has 2 saturated heterocycles. The van der Waals surface area contributed by atoms with Crippen molar-refractivity contribution in [3.63, 3.8) is 0 Å². The van der Waals surface area contributed by atoms with E-state index in [-0.39, 0.29) is 23.9 Å². The molecule has 1 aromatic rings. The van der Waals surface area contributed by atoms with Gasteiger partial charge in [0.05, 0.1) is 12.7 Å². The predicted octanol–water partition coefficient (Wildman–Crippen LogP) is 0.133. The summed E-state index contributed by atoms with van der Waals surface area (Å²) in [6.07, 6.45) is 2.75. The smallest absolute Gasteiger partial charge is 0.237 e. The number of rotatable bonds is 4. The SMILES string of the molecule is CCn1ncc(CN2CC(=O)N3C[C@@H](NC(C)=O)C[C@H]3C2)c1C. The number of nitrogens with one attached hydrogen (secondary N) is 1. The molecule has 2 aliphatic rings. The third-order valence-electron chi connectivity index (χ3n) is 4.87. The number of amides is 2. The molecule has 0 radical (unpaired) electrons. The first-order valence-electron chi connectivity index (χ1n) is 8.28. The Morgan fingerprint density at radius 2 is 2.22 bits per heavy atom. The summed E-state index contributed by atoms with van der Waals surface area (Å²) in [4.78, 5) is 27.8. The second-order valence-corrected chi connectivity index (χ2v) is 6.57. The minimum absolute atomic E-state index is 0.0262. The normalized spacial score (nSPS) is 24.8. The number of aryl methyl sites for hydroxylation is 1. The van der Waals surface area contributed by atoms with Crippen molar-refractivity contribution < 1.29 is 9.59 Å². The molecule has 2 fully saturated rings. The largest absolute Gasteiger partial charge is 0.352 e. The van der Waals surface area contributed by atoms with Crippen molar-refractivity contribution in [2.24, 2.45) is 0 Å². The van der Waals surface area contributed by atoms with Gasteiger partial charge in [0.25, 0.3) is 0 Å². The highest BCUT2D eigenvalue weighted by atomic mass is 16.2. The molecule has 1 aromatic heterocycles. The van der Waals surface area contributed by atoms with Gasteiger partial charge in [0.1, 0.15) is 0 Å². The third-order valence-corrected chi connectivity index (χ3v) is 4.87. The van der Waals surface area contributed by atoms with Gasteiger partial charge in [-0.15, -0.1) is 0 Å². The number of piperazine rings is 1. The fourth-order valence-electron chi connectivity index (χ4n) is 3.75. The molecule has 3 heterocycles. The summed E-state index contributed by atoms with van der Waals surface area (Å²) in [5, 5.41) is 7.32. The van der Waals surface area contributed by atoms with E-state index in [1.807, 2.05) is 15.8 Å². The number of aromatic nitrogens is 2. The Balaban J connectivity index is 1.65. The summed E-state index contributed by atoms with van der Waals surface area (Å²) >= 11 is 0. The molecule has 0 spiro atoms. The lowest BCUT2D eigenvalue weighted by molar-refractivity contribution is -0.138. The molecule has 0 saturated carbocycles. The highest BCUT2D eigenvalue weighted by Gasteiger charge is 2.40. The van der Waals surface area contributed by atoms with Crippen LogP contribution < -0.4 is 5.32 Å². The van der Waals surface area contributed by atoms with Crippen LogP contribution in [0.4, 0.5) is 0 Å². The maximum Gasteiger partial charge on any atom is 0.237 e. The van der Waals surface area contributed by atoms with Gasteiger partial charge < -0.3 is 10.2 Å². The maximum atomic E-state index is 12.4. The van der Waals surface area contributed by atoms with Crippen LogP contribution in [0.1, 0.15) is 31.5 Å². The minimum atomic E-state index is -0.0262. The average Bonchev–Trinajstić information content (AvgIpc) is 3.03. The van der Waals surface area contributed by atoms with E-state index in [1.54, 1.807) is 0 Å². The van der Waals surface area contributed by atoms with E-state index in [0.717, 1.165) is 26.1 Å². The number of fused-ring (bicyclic) bond motifs is 1. The van der Waals surface area contributed by atoms with E-state index in [1.165, 1.54) is 18.2 Å². The van der Waals surface area contributed by atoms with E-state index < -0.39 is 0 Å². The molecule has 2 atom stereocenters. The van der Waals surface area contributed by atoms with Crippen LogP contribution in [0.5, 0.6) is 0 Å². The molecule has 126 valence electrons. The van der Waals surface area contributed by atoms with Crippen LogP contribution in [-0.2, 0) is 22.7 Å². The quantitative estimate of drug-likeness (QED) is 0.856. The Bertz CT molecular complexity index is 612. The molecule has 7 nitrogen and oxygen atoms in total. The zero-order valence-corrected chi connectivity index (χ0v) is 14.1. The lowest BCUT2D eigenvalue weighted by atomic mass is 10.1. The Hall–Kier alpha value is -1.89. The monoisotopic (exact) mass is 319 g/mol. The molecule has 0 unspecified atom stereocenters. The van der Waals surface area contributed by atoms with E-state index in [4.69, 9.17) is 0 Å². The van der Waals surface area contributed by atoms with E-state index in [2.05, 4.69) is 29.2 Å². The molecule has 2 aliphatic heterocycles. The van der Waals surface area contributed by atoms with Crippen LogP contribution in [-0.4, -0.2) is 63.1 Å². The van der Waals surface area contributed by atoms with Crippen molar-refractivity contribution in [1.29, 1.82) is 0 Å². The van der Waals surface area contributed by atoms with Gasteiger partial charge in [0, 0.05) is 56.4 Å².